The third-order valence-electron chi connectivity index (χ3n) is 3.93. The summed E-state index contributed by atoms with van der Waals surface area (Å²) in [5.74, 6) is 0.639. The summed E-state index contributed by atoms with van der Waals surface area (Å²) in [5, 5.41) is 0.725. The Morgan fingerprint density at radius 3 is 2.43 bits per heavy atom. The van der Waals surface area contributed by atoms with Crippen molar-refractivity contribution in [2.24, 2.45) is 17.6 Å². The van der Waals surface area contributed by atoms with Gasteiger partial charge in [-0.25, -0.2) is 0 Å². The van der Waals surface area contributed by atoms with Gasteiger partial charge in [-0.05, 0) is 42.9 Å². The van der Waals surface area contributed by atoms with Crippen LogP contribution in [-0.2, 0) is 11.3 Å². The summed E-state index contributed by atoms with van der Waals surface area (Å²) in [6, 6.07) is 8.13. The molecule has 1 aliphatic carbocycles. The molecule has 2 rings (SSSR count). The zero-order valence-electron chi connectivity index (χ0n) is 12.9. The minimum Gasteiger partial charge on any atom is -0.335 e. The molecule has 1 unspecified atom stereocenters. The van der Waals surface area contributed by atoms with Crippen LogP contribution in [0.5, 0.6) is 0 Å². The van der Waals surface area contributed by atoms with Crippen molar-refractivity contribution < 1.29 is 4.79 Å². The maximum atomic E-state index is 12.8. The van der Waals surface area contributed by atoms with E-state index in [2.05, 4.69) is 13.8 Å². The van der Waals surface area contributed by atoms with E-state index in [-0.39, 0.29) is 11.8 Å². The van der Waals surface area contributed by atoms with Crippen molar-refractivity contribution >= 4 is 17.5 Å². The smallest absolute Gasteiger partial charge is 0.227 e. The van der Waals surface area contributed by atoms with Crippen LogP contribution >= 0.6 is 11.6 Å². The van der Waals surface area contributed by atoms with Gasteiger partial charge in [-0.15, -0.1) is 0 Å². The number of amides is 1. The van der Waals surface area contributed by atoms with Gasteiger partial charge in [-0.2, -0.15) is 0 Å². The van der Waals surface area contributed by atoms with E-state index in [9.17, 15) is 4.79 Å². The largest absolute Gasteiger partial charge is 0.335 e. The number of benzene rings is 1. The average Bonchev–Trinajstić information content (AvgIpc) is 3.27. The van der Waals surface area contributed by atoms with Gasteiger partial charge >= 0.3 is 0 Å². The molecule has 0 heterocycles. The molecule has 0 radical (unpaired) electrons. The second-order valence-electron chi connectivity index (χ2n) is 6.39. The SMILES string of the molecule is CC(C)CC(CN)C(=O)N(Cc1ccc(Cl)cc1)C1CC1. The predicted molar refractivity (Wildman–Crippen MR) is 87.0 cm³/mol. The summed E-state index contributed by atoms with van der Waals surface area (Å²) in [7, 11) is 0. The minimum atomic E-state index is -0.0575. The highest BCUT2D eigenvalue weighted by Crippen LogP contribution is 2.30. The molecule has 0 aromatic heterocycles. The lowest BCUT2D eigenvalue weighted by Crippen LogP contribution is -2.40. The molecule has 1 saturated carbocycles. The first kappa shape index (κ1) is 16.3. The van der Waals surface area contributed by atoms with Crippen molar-refractivity contribution in [1.82, 2.24) is 4.90 Å². The Labute approximate surface area is 132 Å². The van der Waals surface area contributed by atoms with Crippen LogP contribution in [0.2, 0.25) is 5.02 Å². The highest BCUT2D eigenvalue weighted by molar-refractivity contribution is 6.30. The molecule has 1 aromatic rings. The Kier molecular flexibility index (Phi) is 5.65. The first-order valence-electron chi connectivity index (χ1n) is 7.76. The van der Waals surface area contributed by atoms with Crippen LogP contribution in [0.4, 0.5) is 0 Å². The normalized spacial score (nSPS) is 16.0. The lowest BCUT2D eigenvalue weighted by atomic mass is 9.95. The van der Waals surface area contributed by atoms with Crippen LogP contribution in [0.15, 0.2) is 24.3 Å². The molecule has 116 valence electrons. The molecule has 0 saturated heterocycles. The molecule has 1 aliphatic rings. The maximum absolute atomic E-state index is 12.8. The van der Waals surface area contributed by atoms with Gasteiger partial charge in [0.2, 0.25) is 5.91 Å². The van der Waals surface area contributed by atoms with E-state index in [0.717, 1.165) is 29.8 Å². The molecular formula is C17H25ClN2O. The molecule has 0 spiro atoms. The lowest BCUT2D eigenvalue weighted by Gasteiger charge is -2.28. The molecular weight excluding hydrogens is 284 g/mol. The van der Waals surface area contributed by atoms with Gasteiger partial charge in [0.05, 0.1) is 5.92 Å². The van der Waals surface area contributed by atoms with Gasteiger partial charge in [0, 0.05) is 24.2 Å². The molecule has 4 heteroatoms. The van der Waals surface area contributed by atoms with E-state index < -0.39 is 0 Å². The number of halogens is 1. The van der Waals surface area contributed by atoms with Crippen molar-refractivity contribution in [3.63, 3.8) is 0 Å². The van der Waals surface area contributed by atoms with Crippen LogP contribution in [0.3, 0.4) is 0 Å². The summed E-state index contributed by atoms with van der Waals surface area (Å²) in [5.41, 5.74) is 6.95. The Morgan fingerprint density at radius 1 is 1.33 bits per heavy atom. The Morgan fingerprint density at radius 2 is 1.95 bits per heavy atom. The number of nitrogens with zero attached hydrogens (tertiary/aromatic N) is 1. The Bertz CT molecular complexity index is 468. The van der Waals surface area contributed by atoms with Crippen molar-refractivity contribution in [3.8, 4) is 0 Å². The van der Waals surface area contributed by atoms with Crippen molar-refractivity contribution in [2.75, 3.05) is 6.54 Å². The summed E-state index contributed by atoms with van der Waals surface area (Å²) in [4.78, 5) is 14.8. The molecule has 2 N–H and O–H groups in total. The summed E-state index contributed by atoms with van der Waals surface area (Å²) < 4.78 is 0. The molecule has 3 nitrogen and oxygen atoms in total. The van der Waals surface area contributed by atoms with E-state index >= 15 is 0 Å². The lowest BCUT2D eigenvalue weighted by molar-refractivity contribution is -0.137. The fourth-order valence-electron chi connectivity index (χ4n) is 2.66. The summed E-state index contributed by atoms with van der Waals surface area (Å²) in [6.45, 7) is 5.36. The predicted octanol–water partition coefficient (Wildman–Crippen LogP) is 3.45. The number of carbonyl (C=O) groups is 1. The third kappa shape index (κ3) is 4.72. The zero-order valence-corrected chi connectivity index (χ0v) is 13.6. The number of nitrogens with two attached hydrogens (primary N) is 1. The van der Waals surface area contributed by atoms with E-state index in [0.29, 0.717) is 25.0 Å². The quantitative estimate of drug-likeness (QED) is 0.838. The molecule has 1 fully saturated rings. The minimum absolute atomic E-state index is 0.0575. The molecule has 1 atom stereocenters. The van der Waals surface area contributed by atoms with Gasteiger partial charge in [0.25, 0.3) is 0 Å². The number of hydrogen-bond donors (Lipinski definition) is 1. The van der Waals surface area contributed by atoms with Crippen molar-refractivity contribution in [1.29, 1.82) is 0 Å². The molecule has 21 heavy (non-hydrogen) atoms. The molecule has 1 aromatic carbocycles. The van der Waals surface area contributed by atoms with E-state index in [1.165, 1.54) is 0 Å². The third-order valence-corrected chi connectivity index (χ3v) is 4.18. The van der Waals surface area contributed by atoms with E-state index in [1.54, 1.807) is 0 Å². The fourth-order valence-corrected chi connectivity index (χ4v) is 2.79. The molecule has 0 bridgehead atoms. The van der Waals surface area contributed by atoms with Gasteiger partial charge in [0.15, 0.2) is 0 Å². The van der Waals surface area contributed by atoms with Gasteiger partial charge in [-0.3, -0.25) is 4.79 Å². The van der Waals surface area contributed by atoms with Crippen LogP contribution in [0.1, 0.15) is 38.7 Å². The standard InChI is InChI=1S/C17H25ClN2O/c1-12(2)9-14(10-19)17(21)20(16-7-8-16)11-13-3-5-15(18)6-4-13/h3-6,12,14,16H,7-11,19H2,1-2H3. The number of carbonyl (C=O) groups excluding carboxylic acids is 1. The number of rotatable bonds is 7. The van der Waals surface area contributed by atoms with Crippen LogP contribution in [0.25, 0.3) is 0 Å². The van der Waals surface area contributed by atoms with Crippen LogP contribution in [0, 0.1) is 11.8 Å². The van der Waals surface area contributed by atoms with E-state index in [1.807, 2.05) is 29.2 Å². The summed E-state index contributed by atoms with van der Waals surface area (Å²) in [6.07, 6.45) is 3.08. The number of hydrogen-bond acceptors (Lipinski definition) is 2. The first-order chi connectivity index (χ1) is 10.0. The Balaban J connectivity index is 2.07. The van der Waals surface area contributed by atoms with Gasteiger partial charge in [-0.1, -0.05) is 37.6 Å². The summed E-state index contributed by atoms with van der Waals surface area (Å²) >= 11 is 5.92. The highest BCUT2D eigenvalue weighted by Gasteiger charge is 2.35. The van der Waals surface area contributed by atoms with E-state index in [4.69, 9.17) is 17.3 Å². The monoisotopic (exact) mass is 308 g/mol. The van der Waals surface area contributed by atoms with Gasteiger partial charge in [0.1, 0.15) is 0 Å². The van der Waals surface area contributed by atoms with Crippen LogP contribution < -0.4 is 5.73 Å². The topological polar surface area (TPSA) is 46.3 Å². The first-order valence-corrected chi connectivity index (χ1v) is 8.14. The van der Waals surface area contributed by atoms with Crippen LogP contribution in [-0.4, -0.2) is 23.4 Å². The fraction of sp³-hybridized carbons (Fsp3) is 0.588. The average molecular weight is 309 g/mol. The Hall–Kier alpha value is -1.06. The highest BCUT2D eigenvalue weighted by atomic mass is 35.5. The zero-order chi connectivity index (χ0) is 15.4. The van der Waals surface area contributed by atoms with Crippen molar-refractivity contribution in [2.45, 2.75) is 45.7 Å². The second kappa shape index (κ2) is 7.28. The molecule has 0 aliphatic heterocycles. The second-order valence-corrected chi connectivity index (χ2v) is 6.82. The van der Waals surface area contributed by atoms with Crippen molar-refractivity contribution in [3.05, 3.63) is 34.9 Å². The maximum Gasteiger partial charge on any atom is 0.227 e. The molecule has 1 amide bonds. The van der Waals surface area contributed by atoms with Gasteiger partial charge < -0.3 is 10.6 Å².